The van der Waals surface area contributed by atoms with Crippen LogP contribution in [0, 0.1) is 0 Å². The van der Waals surface area contributed by atoms with Gasteiger partial charge < -0.3 is 15.2 Å². The van der Waals surface area contributed by atoms with Gasteiger partial charge in [0.15, 0.2) is 0 Å². The summed E-state index contributed by atoms with van der Waals surface area (Å²) in [6.07, 6.45) is 1.94. The van der Waals surface area contributed by atoms with Crippen molar-refractivity contribution in [1.82, 2.24) is 9.38 Å². The average molecular weight is 331 g/mol. The summed E-state index contributed by atoms with van der Waals surface area (Å²) in [5.74, 6) is 1.79. The molecule has 0 saturated carbocycles. The monoisotopic (exact) mass is 331 g/mol. The van der Waals surface area contributed by atoms with E-state index in [0.29, 0.717) is 11.3 Å². The Labute approximate surface area is 145 Å². The van der Waals surface area contributed by atoms with Gasteiger partial charge in [0.2, 0.25) is 0 Å². The molecule has 25 heavy (non-hydrogen) atoms. The van der Waals surface area contributed by atoms with Crippen molar-refractivity contribution in [3.05, 3.63) is 72.9 Å². The first kappa shape index (κ1) is 15.1. The molecule has 0 fully saturated rings. The number of nitrogens with one attached hydrogen (secondary N) is 1. The summed E-state index contributed by atoms with van der Waals surface area (Å²) in [6, 6.07) is 20.7. The molecule has 0 amide bonds. The molecule has 0 aliphatic rings. The third kappa shape index (κ3) is 2.76. The highest BCUT2D eigenvalue weighted by Gasteiger charge is 2.16. The number of ether oxygens (including phenoxy) is 1. The quantitative estimate of drug-likeness (QED) is 0.580. The first-order valence-electron chi connectivity index (χ1n) is 7.93. The molecular formula is C20H17N3O2. The second kappa shape index (κ2) is 6.20. The van der Waals surface area contributed by atoms with E-state index in [2.05, 4.69) is 10.3 Å². The van der Waals surface area contributed by atoms with Crippen LogP contribution in [0.15, 0.2) is 72.9 Å². The van der Waals surface area contributed by atoms with E-state index in [1.54, 1.807) is 19.2 Å². The number of para-hydroxylation sites is 1. The lowest BCUT2D eigenvalue weighted by Gasteiger charge is -2.10. The standard InChI is InChI=1S/C20H17N3O2/c1-25-15-11-9-14(10-12-15)21-20-19(16-6-2-3-7-17(16)24)22-18-8-4-5-13-23(18)20/h2-13,21,24H,1H3. The molecule has 0 bridgehead atoms. The Morgan fingerprint density at radius 3 is 2.48 bits per heavy atom. The highest BCUT2D eigenvalue weighted by molar-refractivity contribution is 5.82. The minimum atomic E-state index is 0.198. The lowest BCUT2D eigenvalue weighted by molar-refractivity contribution is 0.415. The van der Waals surface area contributed by atoms with E-state index in [0.717, 1.165) is 22.9 Å². The number of anilines is 2. The van der Waals surface area contributed by atoms with Gasteiger partial charge >= 0.3 is 0 Å². The van der Waals surface area contributed by atoms with Crippen LogP contribution in [0.3, 0.4) is 0 Å². The van der Waals surface area contributed by atoms with E-state index in [1.165, 1.54) is 0 Å². The third-order valence-corrected chi connectivity index (χ3v) is 4.04. The maximum Gasteiger partial charge on any atom is 0.143 e. The van der Waals surface area contributed by atoms with Gasteiger partial charge in [-0.05, 0) is 48.5 Å². The Bertz CT molecular complexity index is 1020. The number of nitrogens with zero attached hydrogens (tertiary/aromatic N) is 2. The summed E-state index contributed by atoms with van der Waals surface area (Å²) >= 11 is 0. The van der Waals surface area contributed by atoms with Gasteiger partial charge in [-0.3, -0.25) is 4.40 Å². The minimum absolute atomic E-state index is 0.198. The van der Waals surface area contributed by atoms with Crippen LogP contribution in [-0.4, -0.2) is 21.6 Å². The molecule has 4 rings (SSSR count). The van der Waals surface area contributed by atoms with E-state index in [9.17, 15) is 5.11 Å². The first-order valence-corrected chi connectivity index (χ1v) is 7.93. The first-order chi connectivity index (χ1) is 12.3. The van der Waals surface area contributed by atoms with Crippen LogP contribution in [0.2, 0.25) is 0 Å². The van der Waals surface area contributed by atoms with Crippen LogP contribution in [0.4, 0.5) is 11.5 Å². The summed E-state index contributed by atoms with van der Waals surface area (Å²) in [6.45, 7) is 0. The zero-order valence-corrected chi connectivity index (χ0v) is 13.7. The molecule has 0 spiro atoms. The number of benzene rings is 2. The number of pyridine rings is 1. The summed E-state index contributed by atoms with van der Waals surface area (Å²) in [7, 11) is 1.64. The van der Waals surface area contributed by atoms with Gasteiger partial charge in [0.05, 0.1) is 7.11 Å². The Morgan fingerprint density at radius 2 is 1.72 bits per heavy atom. The van der Waals surface area contributed by atoms with Crippen molar-refractivity contribution in [3.63, 3.8) is 0 Å². The van der Waals surface area contributed by atoms with Crippen molar-refractivity contribution in [2.24, 2.45) is 0 Å². The molecule has 0 aliphatic carbocycles. The number of imidazole rings is 1. The highest BCUT2D eigenvalue weighted by Crippen LogP contribution is 2.35. The van der Waals surface area contributed by atoms with E-state index < -0.39 is 0 Å². The van der Waals surface area contributed by atoms with Crippen LogP contribution in [0.1, 0.15) is 0 Å². The molecule has 2 aromatic heterocycles. The van der Waals surface area contributed by atoms with Gasteiger partial charge in [-0.1, -0.05) is 18.2 Å². The maximum absolute atomic E-state index is 10.3. The number of phenols is 1. The van der Waals surface area contributed by atoms with E-state index in [1.807, 2.05) is 65.2 Å². The molecule has 5 nitrogen and oxygen atoms in total. The van der Waals surface area contributed by atoms with Crippen molar-refractivity contribution in [2.45, 2.75) is 0 Å². The molecule has 2 heterocycles. The topological polar surface area (TPSA) is 58.8 Å². The number of aromatic nitrogens is 2. The Hall–Kier alpha value is -3.47. The second-order valence-electron chi connectivity index (χ2n) is 5.61. The van der Waals surface area contributed by atoms with Crippen LogP contribution in [-0.2, 0) is 0 Å². The van der Waals surface area contributed by atoms with Crippen LogP contribution in [0.25, 0.3) is 16.9 Å². The molecule has 0 atom stereocenters. The van der Waals surface area contributed by atoms with E-state index >= 15 is 0 Å². The minimum Gasteiger partial charge on any atom is -0.507 e. The smallest absolute Gasteiger partial charge is 0.143 e. The molecular weight excluding hydrogens is 314 g/mol. The summed E-state index contributed by atoms with van der Waals surface area (Å²) < 4.78 is 7.17. The average Bonchev–Trinajstić information content (AvgIpc) is 3.01. The van der Waals surface area contributed by atoms with Gasteiger partial charge in [0, 0.05) is 17.4 Å². The number of hydrogen-bond donors (Lipinski definition) is 2. The lowest BCUT2D eigenvalue weighted by Crippen LogP contribution is -1.97. The number of methoxy groups -OCH3 is 1. The Balaban J connectivity index is 1.86. The summed E-state index contributed by atoms with van der Waals surface area (Å²) in [5, 5.41) is 13.7. The molecule has 124 valence electrons. The number of hydrogen-bond acceptors (Lipinski definition) is 4. The van der Waals surface area contributed by atoms with Gasteiger partial charge in [0.25, 0.3) is 0 Å². The second-order valence-corrected chi connectivity index (χ2v) is 5.61. The fourth-order valence-corrected chi connectivity index (χ4v) is 2.79. The largest absolute Gasteiger partial charge is 0.507 e. The van der Waals surface area contributed by atoms with Crippen LogP contribution >= 0.6 is 0 Å². The van der Waals surface area contributed by atoms with Crippen molar-refractivity contribution in [2.75, 3.05) is 12.4 Å². The predicted octanol–water partition coefficient (Wildman–Crippen LogP) is 4.46. The van der Waals surface area contributed by atoms with Crippen molar-refractivity contribution in [1.29, 1.82) is 0 Å². The van der Waals surface area contributed by atoms with E-state index in [-0.39, 0.29) is 5.75 Å². The summed E-state index contributed by atoms with van der Waals surface area (Å²) in [4.78, 5) is 4.69. The van der Waals surface area contributed by atoms with Crippen molar-refractivity contribution in [3.8, 4) is 22.8 Å². The number of rotatable bonds is 4. The Kier molecular flexibility index (Phi) is 3.74. The Morgan fingerprint density at radius 1 is 0.960 bits per heavy atom. The molecule has 0 aliphatic heterocycles. The molecule has 4 aromatic rings. The predicted molar refractivity (Wildman–Crippen MR) is 98.6 cm³/mol. The maximum atomic E-state index is 10.3. The number of phenolic OH excluding ortho intramolecular Hbond substituents is 1. The highest BCUT2D eigenvalue weighted by atomic mass is 16.5. The van der Waals surface area contributed by atoms with Crippen LogP contribution in [0.5, 0.6) is 11.5 Å². The normalized spacial score (nSPS) is 10.8. The third-order valence-electron chi connectivity index (χ3n) is 4.04. The number of aromatic hydroxyl groups is 1. The molecule has 0 unspecified atom stereocenters. The van der Waals surface area contributed by atoms with Crippen molar-refractivity contribution < 1.29 is 9.84 Å². The van der Waals surface area contributed by atoms with Crippen molar-refractivity contribution >= 4 is 17.2 Å². The van der Waals surface area contributed by atoms with Gasteiger partial charge in [-0.25, -0.2) is 4.98 Å². The SMILES string of the molecule is COc1ccc(Nc2c(-c3ccccc3O)nc3ccccn23)cc1. The van der Waals surface area contributed by atoms with Gasteiger partial charge in [-0.2, -0.15) is 0 Å². The molecule has 0 radical (unpaired) electrons. The van der Waals surface area contributed by atoms with E-state index in [4.69, 9.17) is 4.74 Å². The van der Waals surface area contributed by atoms with Gasteiger partial charge in [-0.15, -0.1) is 0 Å². The number of fused-ring (bicyclic) bond motifs is 1. The molecule has 2 aromatic carbocycles. The zero-order valence-electron chi connectivity index (χ0n) is 13.7. The lowest BCUT2D eigenvalue weighted by atomic mass is 10.1. The van der Waals surface area contributed by atoms with Crippen LogP contribution < -0.4 is 10.1 Å². The molecule has 0 saturated heterocycles. The zero-order chi connectivity index (χ0) is 17.2. The fourth-order valence-electron chi connectivity index (χ4n) is 2.79. The van der Waals surface area contributed by atoms with Gasteiger partial charge in [0.1, 0.15) is 28.7 Å². The fraction of sp³-hybridized carbons (Fsp3) is 0.0500. The molecule has 5 heteroatoms. The summed E-state index contributed by atoms with van der Waals surface area (Å²) in [5.41, 5.74) is 3.09. The molecule has 2 N–H and O–H groups in total.